The van der Waals surface area contributed by atoms with Crippen molar-refractivity contribution in [2.75, 3.05) is 22.8 Å². The predicted molar refractivity (Wildman–Crippen MR) is 199 cm³/mol. The summed E-state index contributed by atoms with van der Waals surface area (Å²) in [5, 5.41) is 29.8. The molecule has 3 aromatic carbocycles. The number of anilines is 3. The zero-order valence-corrected chi connectivity index (χ0v) is 34.0. The number of nitriles is 3. The van der Waals surface area contributed by atoms with E-state index in [9.17, 15) is 57.5 Å². The van der Waals surface area contributed by atoms with Gasteiger partial charge in [0.2, 0.25) is 5.17 Å². The molecule has 0 unspecified atom stereocenters. The second-order valence-corrected chi connectivity index (χ2v) is 12.4. The minimum absolute atomic E-state index is 0. The number of amides is 1. The summed E-state index contributed by atoms with van der Waals surface area (Å²) in [5.41, 5.74) is 5.43. The molecule has 5 N–H and O–H groups in total. The first-order valence-electron chi connectivity index (χ1n) is 16.6. The molecule has 0 bridgehead atoms. The van der Waals surface area contributed by atoms with Crippen LogP contribution in [0.4, 0.5) is 69.7 Å². The topological polar surface area (TPSA) is 166 Å². The molecule has 3 rings (SSSR count). The van der Waals surface area contributed by atoms with Gasteiger partial charge in [-0.2, -0.15) is 65.5 Å². The number of carbonyl (C=O) groups excluding carboxylic acids is 1. The van der Waals surface area contributed by atoms with Crippen LogP contribution in [-0.2, 0) is 4.79 Å². The Labute approximate surface area is 353 Å². The third-order valence-corrected chi connectivity index (χ3v) is 7.31. The monoisotopic (exact) mass is 922 g/mol. The van der Waals surface area contributed by atoms with E-state index < -0.39 is 52.8 Å². The molecular formula is C36H36Cl2F12N10O. The maximum Gasteiger partial charge on any atom is 0.472 e. The number of rotatable bonds is 9. The first kappa shape index (κ1) is 57.1. The van der Waals surface area contributed by atoms with Gasteiger partial charge in [0, 0.05) is 0 Å². The van der Waals surface area contributed by atoms with Gasteiger partial charge in [-0.05, 0) is 96.1 Å². The van der Waals surface area contributed by atoms with Crippen molar-refractivity contribution in [2.24, 2.45) is 10.2 Å². The van der Waals surface area contributed by atoms with E-state index in [4.69, 9.17) is 27.4 Å². The summed E-state index contributed by atoms with van der Waals surface area (Å²) in [5.74, 6) is -4.51. The van der Waals surface area contributed by atoms with E-state index in [1.54, 1.807) is 11.0 Å². The molecule has 11 nitrogen and oxygen atoms in total. The SMILES string of the molecule is C/C(=N\Nc1ccc(F)c(C#N)c1)C(F)(F)F.CC[NH+](C(C)C)C(C)C.N#Cc1cc(N/N=C(\Cl)C(F)(F)F)ccc1F.N#Cc1cc(NNC(=O)C(F)(F)F)ccc1F.[Cl-]. The van der Waals surface area contributed by atoms with E-state index in [1.807, 2.05) is 10.9 Å². The Balaban J connectivity index is 0. The number of nitrogens with one attached hydrogen (secondary N) is 5. The van der Waals surface area contributed by atoms with Crippen LogP contribution in [0.15, 0.2) is 64.8 Å². The van der Waals surface area contributed by atoms with E-state index >= 15 is 0 Å². The minimum Gasteiger partial charge on any atom is -1.00 e. The molecule has 0 aliphatic rings. The second-order valence-electron chi connectivity index (χ2n) is 12.1. The highest BCUT2D eigenvalue weighted by Crippen LogP contribution is 2.22. The molecular weight excluding hydrogens is 887 g/mol. The molecule has 334 valence electrons. The molecule has 0 heterocycles. The first-order chi connectivity index (χ1) is 27.6. The molecule has 0 aromatic heterocycles. The molecule has 61 heavy (non-hydrogen) atoms. The summed E-state index contributed by atoms with van der Waals surface area (Å²) in [6, 6.07) is 15.4. The predicted octanol–water partition coefficient (Wildman–Crippen LogP) is 5.69. The largest absolute Gasteiger partial charge is 1.00 e. The van der Waals surface area contributed by atoms with E-state index in [2.05, 4.69) is 50.2 Å². The fraction of sp³-hybridized carbons (Fsp3) is 0.333. The molecule has 3 aromatic rings. The Kier molecular flexibility index (Phi) is 24.6. The molecule has 0 saturated heterocycles. The third kappa shape index (κ3) is 21.7. The van der Waals surface area contributed by atoms with Gasteiger partial charge in [-0.15, -0.1) is 0 Å². The molecule has 0 saturated carbocycles. The van der Waals surface area contributed by atoms with Crippen molar-refractivity contribution in [3.63, 3.8) is 0 Å². The van der Waals surface area contributed by atoms with Gasteiger partial charge in [0.25, 0.3) is 0 Å². The summed E-state index contributed by atoms with van der Waals surface area (Å²) in [7, 11) is 0. The molecule has 0 spiro atoms. The minimum atomic E-state index is -5.02. The van der Waals surface area contributed by atoms with Gasteiger partial charge in [-0.25, -0.2) is 13.2 Å². The lowest BCUT2D eigenvalue weighted by Crippen LogP contribution is -3.17. The third-order valence-electron chi connectivity index (χ3n) is 7.01. The maximum absolute atomic E-state index is 12.9. The summed E-state index contributed by atoms with van der Waals surface area (Å²) < 4.78 is 146. The van der Waals surface area contributed by atoms with Crippen molar-refractivity contribution in [3.8, 4) is 18.2 Å². The van der Waals surface area contributed by atoms with Crippen molar-refractivity contribution in [1.29, 1.82) is 15.8 Å². The van der Waals surface area contributed by atoms with E-state index in [1.165, 1.54) is 30.2 Å². The Morgan fingerprint density at radius 2 is 1.03 bits per heavy atom. The summed E-state index contributed by atoms with van der Waals surface area (Å²) in [6.07, 6.45) is -14.3. The van der Waals surface area contributed by atoms with Crippen LogP contribution in [0.3, 0.4) is 0 Å². The summed E-state index contributed by atoms with van der Waals surface area (Å²) in [4.78, 5) is 12.1. The molecule has 25 heteroatoms. The summed E-state index contributed by atoms with van der Waals surface area (Å²) >= 11 is 4.84. The zero-order valence-electron chi connectivity index (χ0n) is 32.5. The van der Waals surface area contributed by atoms with Crippen molar-refractivity contribution >= 4 is 45.5 Å². The molecule has 0 aliphatic heterocycles. The standard InChI is InChI=1S/C10H7F4N3.C9H4ClF4N3.C9H5F4N3O.C8H19N.ClH/c1-6(10(12,13)14)16-17-8-2-3-9(11)7(4-8)5-15;10-8(9(12,13)14)17-16-6-1-2-7(11)5(3-6)4-15;10-7-2-1-6(3-5(7)4-14)15-16-8(17)9(11,12)13;1-6-9(7(2)3)8(4)5;/h2-4,17H,1H3;1-3,16H;1-3,15H,(H,16,17);7-8H,6H2,1-5H3;1H/b16-6+;17-8-;;;. The normalized spacial score (nSPS) is 11.5. The lowest BCUT2D eigenvalue weighted by molar-refractivity contribution is -0.940. The van der Waals surface area contributed by atoms with E-state index in [0.29, 0.717) is 0 Å². The van der Waals surface area contributed by atoms with Gasteiger partial charge < -0.3 is 17.3 Å². The number of quaternary nitrogens is 1. The van der Waals surface area contributed by atoms with Crippen molar-refractivity contribution < 1.29 is 74.8 Å². The fourth-order valence-electron chi connectivity index (χ4n) is 4.12. The van der Waals surface area contributed by atoms with E-state index in [0.717, 1.165) is 67.5 Å². The lowest BCUT2D eigenvalue weighted by atomic mass is 10.2. The number of alkyl halides is 9. The van der Waals surface area contributed by atoms with Crippen LogP contribution in [0.25, 0.3) is 0 Å². The van der Waals surface area contributed by atoms with Gasteiger partial charge in [0.1, 0.15) is 41.4 Å². The maximum atomic E-state index is 12.9. The average Bonchev–Trinajstić information content (AvgIpc) is 3.16. The van der Waals surface area contributed by atoms with Gasteiger partial charge in [-0.1, -0.05) is 11.6 Å². The quantitative estimate of drug-likeness (QED) is 0.105. The highest BCUT2D eigenvalue weighted by atomic mass is 35.5. The van der Waals surface area contributed by atoms with Crippen LogP contribution in [0.5, 0.6) is 0 Å². The van der Waals surface area contributed by atoms with Crippen LogP contribution < -0.4 is 39.0 Å². The van der Waals surface area contributed by atoms with Gasteiger partial charge >= 0.3 is 24.4 Å². The molecule has 0 radical (unpaired) electrons. The number of hydrogen-bond donors (Lipinski definition) is 5. The zero-order chi connectivity index (χ0) is 46.6. The van der Waals surface area contributed by atoms with E-state index in [-0.39, 0.29) is 46.2 Å². The Morgan fingerprint density at radius 3 is 1.33 bits per heavy atom. The molecule has 0 atom stereocenters. The van der Waals surface area contributed by atoms with Gasteiger partial charge in [-0.3, -0.25) is 26.5 Å². The van der Waals surface area contributed by atoms with Crippen LogP contribution >= 0.6 is 11.6 Å². The summed E-state index contributed by atoms with van der Waals surface area (Å²) in [6.45, 7) is 13.4. The smallest absolute Gasteiger partial charge is 0.472 e. The molecule has 0 aliphatic carbocycles. The Morgan fingerprint density at radius 1 is 0.672 bits per heavy atom. The number of hydrazine groups is 1. The van der Waals surface area contributed by atoms with Crippen LogP contribution in [-0.4, -0.2) is 53.9 Å². The van der Waals surface area contributed by atoms with Crippen LogP contribution in [0.2, 0.25) is 0 Å². The number of hydrazone groups is 2. The number of carbonyl (C=O) groups is 1. The van der Waals surface area contributed by atoms with Crippen LogP contribution in [0.1, 0.15) is 58.2 Å². The first-order valence-corrected chi connectivity index (χ1v) is 17.0. The highest BCUT2D eigenvalue weighted by Gasteiger charge is 2.38. The van der Waals surface area contributed by atoms with Gasteiger partial charge in [0.05, 0.1) is 52.4 Å². The van der Waals surface area contributed by atoms with Crippen molar-refractivity contribution in [3.05, 3.63) is 88.7 Å². The average molecular weight is 924 g/mol. The lowest BCUT2D eigenvalue weighted by Gasteiger charge is -2.25. The van der Waals surface area contributed by atoms with Crippen molar-refractivity contribution in [1.82, 2.24) is 5.43 Å². The highest BCUT2D eigenvalue weighted by molar-refractivity contribution is 6.66. The van der Waals surface area contributed by atoms with Crippen LogP contribution in [0, 0.1) is 51.4 Å². The molecule has 0 fully saturated rings. The number of halogens is 14. The fourth-order valence-corrected chi connectivity index (χ4v) is 4.16. The van der Waals surface area contributed by atoms with Crippen molar-refractivity contribution in [2.45, 2.75) is 72.2 Å². The number of hydrogen-bond acceptors (Lipinski definition) is 9. The molecule has 1 amide bonds. The Hall–Kier alpha value is -5.96. The second kappa shape index (κ2) is 26.3. The number of nitrogens with zero attached hydrogens (tertiary/aromatic N) is 5. The Bertz CT molecular complexity index is 1970. The van der Waals surface area contributed by atoms with Gasteiger partial charge in [0.15, 0.2) is 0 Å². The number of benzene rings is 3.